The van der Waals surface area contributed by atoms with Gasteiger partial charge >= 0.3 is 0 Å². The Morgan fingerprint density at radius 3 is 2.23 bits per heavy atom. The first kappa shape index (κ1) is 21.1. The van der Waals surface area contributed by atoms with E-state index in [4.69, 9.17) is 16.2 Å². The molecule has 30 heavy (non-hydrogen) atoms. The molecule has 3 aromatic rings. The number of nitrogens with zero attached hydrogens (tertiary/aromatic N) is 1. The maximum Gasteiger partial charge on any atom is 0.289 e. The van der Waals surface area contributed by atoms with Crippen LogP contribution in [0.1, 0.15) is 35.5 Å². The van der Waals surface area contributed by atoms with Crippen molar-refractivity contribution in [3.8, 4) is 5.75 Å². The minimum absolute atomic E-state index is 0.177. The lowest BCUT2D eigenvalue weighted by Gasteiger charge is -2.20. The number of rotatable bonds is 8. The van der Waals surface area contributed by atoms with Crippen molar-refractivity contribution in [2.45, 2.75) is 33.4 Å². The van der Waals surface area contributed by atoms with E-state index in [2.05, 4.69) is 0 Å². The summed E-state index contributed by atoms with van der Waals surface area (Å²) in [6.45, 7) is 5.88. The number of amides is 2. The maximum absolute atomic E-state index is 12.7. The van der Waals surface area contributed by atoms with E-state index in [-0.39, 0.29) is 11.5 Å². The predicted molar refractivity (Wildman–Crippen MR) is 114 cm³/mol. The molecular weight excluding hydrogens is 382 g/mol. The topological polar surface area (TPSA) is 117 Å². The molecule has 1 atom stereocenters. The first-order valence-electron chi connectivity index (χ1n) is 9.68. The Morgan fingerprint density at radius 2 is 1.67 bits per heavy atom. The van der Waals surface area contributed by atoms with Crippen LogP contribution in [-0.2, 0) is 16.1 Å². The minimum atomic E-state index is -1.05. The van der Waals surface area contributed by atoms with Crippen molar-refractivity contribution in [2.75, 3.05) is 0 Å². The van der Waals surface area contributed by atoms with Gasteiger partial charge in [0, 0.05) is 12.2 Å². The number of nitrogens with two attached hydrogens (primary N) is 2. The second-order valence-corrected chi connectivity index (χ2v) is 7.56. The zero-order valence-electron chi connectivity index (χ0n) is 17.2. The molecule has 0 aliphatic carbocycles. The molecule has 0 saturated heterocycles. The van der Waals surface area contributed by atoms with E-state index in [1.165, 1.54) is 0 Å². The van der Waals surface area contributed by atoms with Crippen molar-refractivity contribution in [1.82, 2.24) is 4.57 Å². The van der Waals surface area contributed by atoms with Crippen LogP contribution in [0, 0.1) is 12.8 Å². The molecule has 4 N–H and O–H groups in total. The number of fused-ring (bicyclic) bond motifs is 1. The summed E-state index contributed by atoms with van der Waals surface area (Å²) in [7, 11) is 0. The minimum Gasteiger partial charge on any atom is -0.480 e. The highest BCUT2D eigenvalue weighted by Crippen LogP contribution is 2.35. The largest absolute Gasteiger partial charge is 0.480 e. The second kappa shape index (κ2) is 8.41. The monoisotopic (exact) mass is 407 g/mol. The number of Topliss-reactive ketones (excluding diaryl/α,β-unsaturated/α-hetero) is 1. The van der Waals surface area contributed by atoms with Crippen LogP contribution in [0.25, 0.3) is 10.9 Å². The molecule has 0 fully saturated rings. The molecule has 7 nitrogen and oxygen atoms in total. The van der Waals surface area contributed by atoms with Gasteiger partial charge in [-0.2, -0.15) is 0 Å². The van der Waals surface area contributed by atoms with Crippen LogP contribution in [0.2, 0.25) is 0 Å². The zero-order chi connectivity index (χ0) is 22.0. The van der Waals surface area contributed by atoms with E-state index in [1.807, 2.05) is 54.8 Å². The van der Waals surface area contributed by atoms with Crippen LogP contribution < -0.4 is 16.2 Å². The fourth-order valence-electron chi connectivity index (χ4n) is 3.62. The van der Waals surface area contributed by atoms with Crippen LogP contribution >= 0.6 is 0 Å². The molecule has 0 saturated carbocycles. The molecule has 2 aromatic carbocycles. The Kier molecular flexibility index (Phi) is 5.91. The summed E-state index contributed by atoms with van der Waals surface area (Å²) in [5.74, 6) is -2.34. The zero-order valence-corrected chi connectivity index (χ0v) is 17.2. The van der Waals surface area contributed by atoms with Gasteiger partial charge < -0.3 is 20.8 Å². The molecule has 2 amide bonds. The summed E-state index contributed by atoms with van der Waals surface area (Å²) in [5.41, 5.74) is 13.3. The molecular formula is C23H25N3O4. The van der Waals surface area contributed by atoms with Gasteiger partial charge in [-0.25, -0.2) is 0 Å². The van der Waals surface area contributed by atoms with Crippen molar-refractivity contribution in [1.29, 1.82) is 0 Å². The lowest BCUT2D eigenvalue weighted by atomic mass is 10.0. The number of benzene rings is 2. The highest BCUT2D eigenvalue weighted by molar-refractivity contribution is 6.45. The van der Waals surface area contributed by atoms with E-state index in [0.717, 1.165) is 5.56 Å². The molecule has 1 aromatic heterocycles. The molecule has 7 heteroatoms. The smallest absolute Gasteiger partial charge is 0.289 e. The molecule has 3 rings (SSSR count). The SMILES string of the molecule is Cc1c(C(=O)C(N)=O)c2c(OC(C(N)=O)C(C)C)cccc2n1Cc1ccccc1. The lowest BCUT2D eigenvalue weighted by molar-refractivity contribution is -0.126. The number of primary amides is 2. The number of hydrogen-bond acceptors (Lipinski definition) is 4. The Morgan fingerprint density at radius 1 is 1.00 bits per heavy atom. The highest BCUT2D eigenvalue weighted by atomic mass is 16.5. The molecule has 0 spiro atoms. The molecule has 1 unspecified atom stereocenters. The van der Waals surface area contributed by atoms with Crippen molar-refractivity contribution in [2.24, 2.45) is 17.4 Å². The number of hydrogen-bond donors (Lipinski definition) is 2. The number of carbonyl (C=O) groups is 3. The van der Waals surface area contributed by atoms with Crippen molar-refractivity contribution >= 4 is 28.5 Å². The summed E-state index contributed by atoms with van der Waals surface area (Å²) >= 11 is 0. The van der Waals surface area contributed by atoms with Gasteiger partial charge in [0.1, 0.15) is 5.75 Å². The Hall–Kier alpha value is -3.61. The summed E-state index contributed by atoms with van der Waals surface area (Å²) < 4.78 is 7.88. The Bertz CT molecular complexity index is 1120. The first-order valence-corrected chi connectivity index (χ1v) is 9.68. The molecule has 0 radical (unpaired) electrons. The third-order valence-electron chi connectivity index (χ3n) is 5.09. The quantitative estimate of drug-likeness (QED) is 0.441. The molecule has 156 valence electrons. The van der Waals surface area contributed by atoms with Gasteiger partial charge in [0.05, 0.1) is 16.5 Å². The van der Waals surface area contributed by atoms with Crippen molar-refractivity contribution in [3.05, 3.63) is 65.4 Å². The van der Waals surface area contributed by atoms with Gasteiger partial charge in [0.15, 0.2) is 6.10 Å². The predicted octanol–water partition coefficient (Wildman–Crippen LogP) is 2.55. The molecule has 0 bridgehead atoms. The van der Waals surface area contributed by atoms with Gasteiger partial charge in [-0.05, 0) is 30.5 Å². The molecule has 0 aliphatic heterocycles. The number of aromatic nitrogens is 1. The standard InChI is InChI=1S/C23H25N3O4/c1-13(2)21(23(25)29)30-17-11-7-10-16-19(17)18(20(27)22(24)28)14(3)26(16)12-15-8-5-4-6-9-15/h4-11,13,21H,12H2,1-3H3,(H2,24,28)(H2,25,29). The molecule has 1 heterocycles. The normalized spacial score (nSPS) is 12.1. The van der Waals surface area contributed by atoms with Gasteiger partial charge in [-0.15, -0.1) is 0 Å². The van der Waals surface area contributed by atoms with Crippen LogP contribution in [0.5, 0.6) is 5.75 Å². The lowest BCUT2D eigenvalue weighted by Crippen LogP contribution is -2.38. The fourth-order valence-corrected chi connectivity index (χ4v) is 3.62. The van der Waals surface area contributed by atoms with Gasteiger partial charge in [0.25, 0.3) is 17.6 Å². The van der Waals surface area contributed by atoms with Crippen LogP contribution in [0.15, 0.2) is 48.5 Å². The fraction of sp³-hybridized carbons (Fsp3) is 0.261. The van der Waals surface area contributed by atoms with Crippen LogP contribution in [0.3, 0.4) is 0 Å². The number of ketones is 1. The van der Waals surface area contributed by atoms with Gasteiger partial charge in [-0.3, -0.25) is 14.4 Å². The highest BCUT2D eigenvalue weighted by Gasteiger charge is 2.28. The van der Waals surface area contributed by atoms with Crippen LogP contribution in [0.4, 0.5) is 0 Å². The Labute approximate surface area is 174 Å². The third kappa shape index (κ3) is 3.91. The number of carbonyl (C=O) groups excluding carboxylic acids is 3. The van der Waals surface area contributed by atoms with Crippen LogP contribution in [-0.4, -0.2) is 28.3 Å². The van der Waals surface area contributed by atoms with E-state index in [1.54, 1.807) is 19.1 Å². The maximum atomic E-state index is 12.7. The third-order valence-corrected chi connectivity index (χ3v) is 5.09. The Balaban J connectivity index is 2.24. The molecule has 0 aliphatic rings. The van der Waals surface area contributed by atoms with Gasteiger partial charge in [-0.1, -0.05) is 50.2 Å². The second-order valence-electron chi connectivity index (χ2n) is 7.56. The van der Waals surface area contributed by atoms with Crippen molar-refractivity contribution in [3.63, 3.8) is 0 Å². The van der Waals surface area contributed by atoms with E-state index < -0.39 is 23.7 Å². The van der Waals surface area contributed by atoms with Gasteiger partial charge in [0.2, 0.25) is 0 Å². The van der Waals surface area contributed by atoms with Crippen molar-refractivity contribution < 1.29 is 19.1 Å². The summed E-state index contributed by atoms with van der Waals surface area (Å²) in [4.78, 5) is 36.4. The van der Waals surface area contributed by atoms with E-state index >= 15 is 0 Å². The first-order chi connectivity index (χ1) is 14.2. The number of ether oxygens (including phenoxy) is 1. The van der Waals surface area contributed by atoms with E-state index in [9.17, 15) is 14.4 Å². The average Bonchev–Trinajstić information content (AvgIpc) is 2.98. The average molecular weight is 407 g/mol. The summed E-state index contributed by atoms with van der Waals surface area (Å²) in [6, 6.07) is 15.0. The summed E-state index contributed by atoms with van der Waals surface area (Å²) in [5, 5.41) is 0.446. The van der Waals surface area contributed by atoms with E-state index in [0.29, 0.717) is 28.9 Å². The summed E-state index contributed by atoms with van der Waals surface area (Å²) in [6.07, 6.45) is -0.884.